The molecule has 0 aliphatic carbocycles. The third-order valence-corrected chi connectivity index (χ3v) is 5.00. The third kappa shape index (κ3) is 3.71. The first-order valence-electron chi connectivity index (χ1n) is 6.16. The van der Waals surface area contributed by atoms with E-state index in [9.17, 15) is 13.2 Å². The second-order valence-corrected chi connectivity index (χ2v) is 6.91. The van der Waals surface area contributed by atoms with E-state index in [-0.39, 0.29) is 11.4 Å². The lowest BCUT2D eigenvalue weighted by atomic mass is 10.2. The van der Waals surface area contributed by atoms with Crippen LogP contribution in [0, 0.1) is 12.3 Å². The Bertz CT molecular complexity index is 884. The molecule has 0 spiro atoms. The number of amides is 1. The zero-order valence-electron chi connectivity index (χ0n) is 11.7. The zero-order valence-corrected chi connectivity index (χ0v) is 13.3. The normalized spacial score (nSPS) is 12.1. The van der Waals surface area contributed by atoms with Crippen molar-refractivity contribution >= 4 is 27.3 Å². The Morgan fingerprint density at radius 3 is 2.64 bits per heavy atom. The second-order valence-electron chi connectivity index (χ2n) is 4.27. The Morgan fingerprint density at radius 2 is 2.09 bits per heavy atom. The standard InChI is InChI=1S/C14H13N3O3S2/c1-3-8-15-22(19,20)12-6-4-11(5-7-12)13(18)16-14-17(2)9-10-21-14/h1,4-7,9-10,15H,8H2,2H3. The number of hydrogen-bond acceptors (Lipinski definition) is 4. The minimum absolute atomic E-state index is 0.0426. The van der Waals surface area contributed by atoms with Crippen LogP contribution in [-0.4, -0.2) is 25.4 Å². The Morgan fingerprint density at radius 1 is 1.41 bits per heavy atom. The highest BCUT2D eigenvalue weighted by Crippen LogP contribution is 2.11. The number of aryl methyl sites for hydroxylation is 1. The molecular weight excluding hydrogens is 322 g/mol. The van der Waals surface area contributed by atoms with Crippen LogP contribution < -0.4 is 9.52 Å². The molecule has 0 aliphatic rings. The zero-order chi connectivity index (χ0) is 16.2. The molecule has 1 N–H and O–H groups in total. The van der Waals surface area contributed by atoms with Gasteiger partial charge in [0.15, 0.2) is 4.80 Å². The molecule has 0 aliphatic heterocycles. The van der Waals surface area contributed by atoms with E-state index in [1.807, 2.05) is 5.38 Å². The Kier molecular flexibility index (Phi) is 4.92. The molecule has 22 heavy (non-hydrogen) atoms. The van der Waals surface area contributed by atoms with Gasteiger partial charge in [-0.3, -0.25) is 4.79 Å². The number of benzene rings is 1. The summed E-state index contributed by atoms with van der Waals surface area (Å²) in [6.07, 6.45) is 6.81. The fraction of sp³-hybridized carbons (Fsp3) is 0.143. The van der Waals surface area contributed by atoms with Crippen LogP contribution in [0.4, 0.5) is 0 Å². The lowest BCUT2D eigenvalue weighted by Gasteiger charge is -2.04. The molecule has 0 saturated heterocycles. The fourth-order valence-corrected chi connectivity index (χ4v) is 3.25. The molecule has 8 heteroatoms. The van der Waals surface area contributed by atoms with Gasteiger partial charge in [0, 0.05) is 24.2 Å². The van der Waals surface area contributed by atoms with E-state index in [2.05, 4.69) is 15.6 Å². The van der Waals surface area contributed by atoms with Crippen LogP contribution in [0.15, 0.2) is 45.7 Å². The number of nitrogens with one attached hydrogen (secondary N) is 1. The summed E-state index contributed by atoms with van der Waals surface area (Å²) in [5, 5.41) is 1.82. The van der Waals surface area contributed by atoms with Crippen molar-refractivity contribution in [3.8, 4) is 12.3 Å². The average Bonchev–Trinajstić information content (AvgIpc) is 2.90. The van der Waals surface area contributed by atoms with Gasteiger partial charge in [-0.15, -0.1) is 17.8 Å². The predicted octanol–water partition coefficient (Wildman–Crippen LogP) is 0.739. The SMILES string of the molecule is C#CCNS(=O)(=O)c1ccc(C(=O)N=c2sccn2C)cc1. The van der Waals surface area contributed by atoms with Gasteiger partial charge >= 0.3 is 0 Å². The number of terminal acetylenes is 1. The van der Waals surface area contributed by atoms with Crippen LogP contribution in [0.3, 0.4) is 0 Å². The van der Waals surface area contributed by atoms with Crippen LogP contribution in [-0.2, 0) is 17.1 Å². The van der Waals surface area contributed by atoms with Gasteiger partial charge in [-0.2, -0.15) is 9.71 Å². The topological polar surface area (TPSA) is 80.5 Å². The molecule has 6 nitrogen and oxygen atoms in total. The quantitative estimate of drug-likeness (QED) is 0.837. The minimum atomic E-state index is -3.66. The summed E-state index contributed by atoms with van der Waals surface area (Å²) in [7, 11) is -1.87. The molecule has 1 aromatic heterocycles. The largest absolute Gasteiger partial charge is 0.327 e. The summed E-state index contributed by atoms with van der Waals surface area (Å²) in [5.74, 6) is 1.76. The summed E-state index contributed by atoms with van der Waals surface area (Å²) < 4.78 is 27.7. The molecule has 1 heterocycles. The van der Waals surface area contributed by atoms with Gasteiger partial charge in [0.1, 0.15) is 0 Å². The summed E-state index contributed by atoms with van der Waals surface area (Å²) >= 11 is 1.34. The highest BCUT2D eigenvalue weighted by molar-refractivity contribution is 7.89. The van der Waals surface area contributed by atoms with Gasteiger partial charge in [-0.05, 0) is 24.3 Å². The van der Waals surface area contributed by atoms with E-state index in [1.165, 1.54) is 35.6 Å². The summed E-state index contributed by atoms with van der Waals surface area (Å²) in [5.41, 5.74) is 0.310. The van der Waals surface area contributed by atoms with Crippen molar-refractivity contribution in [1.82, 2.24) is 9.29 Å². The molecule has 0 atom stereocenters. The Hall–Kier alpha value is -2.21. The summed E-state index contributed by atoms with van der Waals surface area (Å²) in [4.78, 5) is 16.6. The minimum Gasteiger partial charge on any atom is -0.327 e. The number of aromatic nitrogens is 1. The van der Waals surface area contributed by atoms with Gasteiger partial charge in [0.05, 0.1) is 11.4 Å². The van der Waals surface area contributed by atoms with E-state index in [4.69, 9.17) is 6.42 Å². The maximum Gasteiger partial charge on any atom is 0.279 e. The number of sulfonamides is 1. The van der Waals surface area contributed by atoms with Crippen molar-refractivity contribution in [3.05, 3.63) is 46.2 Å². The van der Waals surface area contributed by atoms with Crippen molar-refractivity contribution < 1.29 is 13.2 Å². The van der Waals surface area contributed by atoms with E-state index in [1.54, 1.807) is 17.8 Å². The van der Waals surface area contributed by atoms with E-state index in [0.717, 1.165) is 0 Å². The van der Waals surface area contributed by atoms with Crippen LogP contribution in [0.2, 0.25) is 0 Å². The molecule has 1 aromatic carbocycles. The molecule has 114 valence electrons. The number of hydrogen-bond donors (Lipinski definition) is 1. The summed E-state index contributed by atoms with van der Waals surface area (Å²) in [6, 6.07) is 5.53. The first-order chi connectivity index (χ1) is 10.4. The maximum absolute atomic E-state index is 12.0. The van der Waals surface area contributed by atoms with Crippen molar-refractivity contribution in [3.63, 3.8) is 0 Å². The first-order valence-corrected chi connectivity index (χ1v) is 8.53. The van der Waals surface area contributed by atoms with Gasteiger partial charge in [0.25, 0.3) is 5.91 Å². The van der Waals surface area contributed by atoms with E-state index >= 15 is 0 Å². The van der Waals surface area contributed by atoms with Gasteiger partial charge < -0.3 is 4.57 Å². The van der Waals surface area contributed by atoms with Crippen LogP contribution in [0.5, 0.6) is 0 Å². The maximum atomic E-state index is 12.0. The smallest absolute Gasteiger partial charge is 0.279 e. The number of carbonyl (C=O) groups excluding carboxylic acids is 1. The predicted molar refractivity (Wildman–Crippen MR) is 83.6 cm³/mol. The van der Waals surface area contributed by atoms with Gasteiger partial charge in [0.2, 0.25) is 10.0 Å². The number of thiazole rings is 1. The molecule has 1 amide bonds. The van der Waals surface area contributed by atoms with Crippen LogP contribution >= 0.6 is 11.3 Å². The Balaban J connectivity index is 2.25. The highest BCUT2D eigenvalue weighted by atomic mass is 32.2. The molecule has 0 bridgehead atoms. The van der Waals surface area contributed by atoms with Crippen molar-refractivity contribution in [1.29, 1.82) is 0 Å². The number of carbonyl (C=O) groups is 1. The molecule has 0 saturated carbocycles. The lowest BCUT2D eigenvalue weighted by Crippen LogP contribution is -2.23. The fourth-order valence-electron chi connectivity index (χ4n) is 1.58. The molecule has 0 unspecified atom stereocenters. The summed E-state index contributed by atoms with van der Waals surface area (Å²) in [6.45, 7) is -0.0901. The van der Waals surface area contributed by atoms with Crippen molar-refractivity contribution in [2.45, 2.75) is 4.90 Å². The van der Waals surface area contributed by atoms with Crippen molar-refractivity contribution in [2.24, 2.45) is 12.0 Å². The van der Waals surface area contributed by atoms with Crippen LogP contribution in [0.25, 0.3) is 0 Å². The molecule has 0 fully saturated rings. The van der Waals surface area contributed by atoms with E-state index < -0.39 is 15.9 Å². The molecule has 0 radical (unpaired) electrons. The first kappa shape index (κ1) is 16.2. The van der Waals surface area contributed by atoms with Crippen LogP contribution in [0.1, 0.15) is 10.4 Å². The van der Waals surface area contributed by atoms with Crippen molar-refractivity contribution in [2.75, 3.05) is 6.54 Å². The highest BCUT2D eigenvalue weighted by Gasteiger charge is 2.13. The molecular formula is C14H13N3O3S2. The van der Waals surface area contributed by atoms with E-state index in [0.29, 0.717) is 10.4 Å². The monoisotopic (exact) mass is 335 g/mol. The number of nitrogens with zero attached hydrogens (tertiary/aromatic N) is 2. The van der Waals surface area contributed by atoms with Gasteiger partial charge in [-0.1, -0.05) is 5.92 Å². The average molecular weight is 335 g/mol. The second kappa shape index (κ2) is 6.70. The third-order valence-electron chi connectivity index (χ3n) is 2.73. The molecule has 2 aromatic rings. The number of rotatable bonds is 4. The Labute approximate surface area is 132 Å². The van der Waals surface area contributed by atoms with Gasteiger partial charge in [-0.25, -0.2) is 8.42 Å². The lowest BCUT2D eigenvalue weighted by molar-refractivity contribution is 0.0998. The molecule has 2 rings (SSSR count).